The zero-order valence-corrected chi connectivity index (χ0v) is 16.3. The van der Waals surface area contributed by atoms with Crippen molar-refractivity contribution in [1.82, 2.24) is 15.1 Å². The summed E-state index contributed by atoms with van der Waals surface area (Å²) in [6.45, 7) is 1.73. The molecule has 2 N–H and O–H groups in total. The van der Waals surface area contributed by atoms with Crippen molar-refractivity contribution >= 4 is 23.1 Å². The number of benzene rings is 2. The number of ether oxygens (including phenoxy) is 1. The maximum Gasteiger partial charge on any atom is 0.130 e. The second-order valence-corrected chi connectivity index (χ2v) is 7.46. The summed E-state index contributed by atoms with van der Waals surface area (Å²) in [5.74, 6) is 1.86. The summed E-state index contributed by atoms with van der Waals surface area (Å²) in [6, 6.07) is 13.9. The van der Waals surface area contributed by atoms with Gasteiger partial charge in [-0.15, -0.1) is 0 Å². The number of hydrogen-bond donors (Lipinski definition) is 2. The number of fused-ring (bicyclic) bond motifs is 3. The van der Waals surface area contributed by atoms with Gasteiger partial charge in [-0.1, -0.05) is 29.8 Å². The average Bonchev–Trinajstić information content (AvgIpc) is 3.19. The summed E-state index contributed by atoms with van der Waals surface area (Å²) < 4.78 is 6.07. The Morgan fingerprint density at radius 1 is 1.19 bits per heavy atom. The van der Waals surface area contributed by atoms with Crippen molar-refractivity contribution in [3.8, 4) is 17.0 Å². The molecule has 2 aromatic carbocycles. The summed E-state index contributed by atoms with van der Waals surface area (Å²) in [6.07, 6.45) is 1.80. The third-order valence-electron chi connectivity index (χ3n) is 4.71. The molecule has 6 heteroatoms. The van der Waals surface area contributed by atoms with Crippen LogP contribution in [0, 0.1) is 0 Å². The highest BCUT2D eigenvalue weighted by Gasteiger charge is 2.27. The second kappa shape index (κ2) is 7.62. The van der Waals surface area contributed by atoms with E-state index in [0.717, 1.165) is 53.5 Å². The lowest BCUT2D eigenvalue weighted by Gasteiger charge is -2.13. The van der Waals surface area contributed by atoms with Gasteiger partial charge in [0, 0.05) is 40.4 Å². The normalized spacial score (nSPS) is 12.1. The van der Waals surface area contributed by atoms with E-state index in [-0.39, 0.29) is 0 Å². The van der Waals surface area contributed by atoms with Crippen molar-refractivity contribution in [2.75, 3.05) is 32.6 Å². The Balaban J connectivity index is 1.52. The van der Waals surface area contributed by atoms with E-state index < -0.39 is 0 Å². The summed E-state index contributed by atoms with van der Waals surface area (Å²) in [7, 11) is 4.15. The topological polar surface area (TPSA) is 53.2 Å². The van der Waals surface area contributed by atoms with Gasteiger partial charge in [0.15, 0.2) is 0 Å². The summed E-state index contributed by atoms with van der Waals surface area (Å²) >= 11 is 6.09. The molecular formula is C21H23ClN4O. The molecule has 1 aromatic heterocycles. The monoisotopic (exact) mass is 382 g/mol. The number of H-pyrrole nitrogens is 1. The minimum Gasteiger partial charge on any atom is -0.493 e. The van der Waals surface area contributed by atoms with Crippen LogP contribution in [-0.2, 0) is 6.42 Å². The number of nitrogens with one attached hydrogen (secondary N) is 2. The molecule has 0 atom stereocenters. The van der Waals surface area contributed by atoms with E-state index in [1.54, 1.807) is 0 Å². The zero-order chi connectivity index (χ0) is 18.8. The number of hydrogen-bond acceptors (Lipinski definition) is 4. The molecule has 1 heterocycles. The first-order valence-corrected chi connectivity index (χ1v) is 9.49. The predicted octanol–water partition coefficient (Wildman–Crippen LogP) is 4.71. The fourth-order valence-electron chi connectivity index (χ4n) is 3.42. The second-order valence-electron chi connectivity index (χ2n) is 7.03. The molecule has 0 amide bonds. The molecule has 140 valence electrons. The molecule has 27 heavy (non-hydrogen) atoms. The van der Waals surface area contributed by atoms with Crippen LogP contribution in [0.5, 0.6) is 5.75 Å². The van der Waals surface area contributed by atoms with Gasteiger partial charge in [-0.2, -0.15) is 5.10 Å². The van der Waals surface area contributed by atoms with Crippen LogP contribution in [0.1, 0.15) is 17.5 Å². The van der Waals surface area contributed by atoms with Crippen LogP contribution in [0.4, 0.5) is 11.5 Å². The van der Waals surface area contributed by atoms with Crippen LogP contribution in [-0.4, -0.2) is 42.3 Å². The van der Waals surface area contributed by atoms with Gasteiger partial charge in [0.05, 0.1) is 12.3 Å². The van der Waals surface area contributed by atoms with E-state index in [0.29, 0.717) is 11.6 Å². The molecule has 5 nitrogen and oxygen atoms in total. The SMILES string of the molecule is CN(C)CCCOc1cccc2c1Cc1c-2n[nH]c1Nc1cccc(Cl)c1. The fourth-order valence-corrected chi connectivity index (χ4v) is 3.61. The van der Waals surface area contributed by atoms with Gasteiger partial charge in [-0.3, -0.25) is 5.10 Å². The Morgan fingerprint density at radius 2 is 2.04 bits per heavy atom. The molecular weight excluding hydrogens is 360 g/mol. The lowest BCUT2D eigenvalue weighted by atomic mass is 10.1. The van der Waals surface area contributed by atoms with Crippen LogP contribution in [0.15, 0.2) is 42.5 Å². The van der Waals surface area contributed by atoms with Crippen molar-refractivity contribution in [1.29, 1.82) is 0 Å². The largest absolute Gasteiger partial charge is 0.493 e. The van der Waals surface area contributed by atoms with Crippen LogP contribution in [0.2, 0.25) is 5.02 Å². The van der Waals surface area contributed by atoms with E-state index in [1.807, 2.05) is 36.4 Å². The molecule has 1 aliphatic carbocycles. The minimum atomic E-state index is 0.702. The van der Waals surface area contributed by atoms with Crippen molar-refractivity contribution < 1.29 is 4.74 Å². The first kappa shape index (κ1) is 17.9. The van der Waals surface area contributed by atoms with E-state index in [4.69, 9.17) is 16.3 Å². The number of anilines is 2. The van der Waals surface area contributed by atoms with Gasteiger partial charge >= 0.3 is 0 Å². The molecule has 0 aliphatic heterocycles. The molecule has 0 unspecified atom stereocenters. The van der Waals surface area contributed by atoms with Crippen molar-refractivity contribution in [3.63, 3.8) is 0 Å². The highest BCUT2D eigenvalue weighted by Crippen LogP contribution is 2.43. The lowest BCUT2D eigenvalue weighted by Crippen LogP contribution is -2.15. The van der Waals surface area contributed by atoms with Crippen LogP contribution >= 0.6 is 11.6 Å². The molecule has 0 radical (unpaired) electrons. The number of nitrogens with zero attached hydrogens (tertiary/aromatic N) is 2. The van der Waals surface area contributed by atoms with Gasteiger partial charge < -0.3 is 15.0 Å². The predicted molar refractivity (Wildman–Crippen MR) is 110 cm³/mol. The average molecular weight is 383 g/mol. The molecule has 0 spiro atoms. The quantitative estimate of drug-likeness (QED) is 0.454. The number of aromatic nitrogens is 2. The smallest absolute Gasteiger partial charge is 0.130 e. The Hall–Kier alpha value is -2.50. The van der Waals surface area contributed by atoms with Gasteiger partial charge in [-0.05, 0) is 44.8 Å². The first-order valence-electron chi connectivity index (χ1n) is 9.11. The maximum absolute atomic E-state index is 6.09. The van der Waals surface area contributed by atoms with Crippen LogP contribution < -0.4 is 10.1 Å². The van der Waals surface area contributed by atoms with Crippen molar-refractivity contribution in [2.24, 2.45) is 0 Å². The molecule has 0 bridgehead atoms. The Bertz CT molecular complexity index is 951. The van der Waals surface area contributed by atoms with E-state index in [1.165, 1.54) is 5.56 Å². The molecule has 4 rings (SSSR count). The Morgan fingerprint density at radius 3 is 2.85 bits per heavy atom. The highest BCUT2D eigenvalue weighted by molar-refractivity contribution is 6.30. The van der Waals surface area contributed by atoms with Gasteiger partial charge in [0.2, 0.25) is 0 Å². The molecule has 3 aromatic rings. The molecule has 0 fully saturated rings. The Labute approximate surface area is 164 Å². The minimum absolute atomic E-state index is 0.702. The van der Waals surface area contributed by atoms with Crippen molar-refractivity contribution in [2.45, 2.75) is 12.8 Å². The summed E-state index contributed by atoms with van der Waals surface area (Å²) in [5, 5.41) is 11.8. The van der Waals surface area contributed by atoms with Gasteiger partial charge in [0.25, 0.3) is 0 Å². The number of halogens is 1. The van der Waals surface area contributed by atoms with Crippen LogP contribution in [0.3, 0.4) is 0 Å². The third-order valence-corrected chi connectivity index (χ3v) is 4.95. The standard InChI is InChI=1S/C21H23ClN4O/c1-26(2)10-5-11-27-19-9-4-8-16-17(19)13-18-20(16)24-25-21(18)23-15-7-3-6-14(22)12-15/h3-4,6-9,12H,5,10-11,13H2,1-2H3,(H2,23,24,25). The van der Waals surface area contributed by atoms with Crippen LogP contribution in [0.25, 0.3) is 11.3 Å². The molecule has 0 saturated heterocycles. The first-order chi connectivity index (χ1) is 13.1. The third kappa shape index (κ3) is 3.80. The lowest BCUT2D eigenvalue weighted by molar-refractivity contribution is 0.280. The summed E-state index contributed by atoms with van der Waals surface area (Å²) in [4.78, 5) is 2.17. The summed E-state index contributed by atoms with van der Waals surface area (Å²) in [5.41, 5.74) is 5.45. The highest BCUT2D eigenvalue weighted by atomic mass is 35.5. The molecule has 1 aliphatic rings. The van der Waals surface area contributed by atoms with Crippen molar-refractivity contribution in [3.05, 3.63) is 58.6 Å². The fraction of sp³-hybridized carbons (Fsp3) is 0.286. The van der Waals surface area contributed by atoms with Gasteiger partial charge in [-0.25, -0.2) is 0 Å². The van der Waals surface area contributed by atoms with E-state index >= 15 is 0 Å². The van der Waals surface area contributed by atoms with E-state index in [9.17, 15) is 0 Å². The number of rotatable bonds is 7. The molecule has 0 saturated carbocycles. The zero-order valence-electron chi connectivity index (χ0n) is 15.6. The Kier molecular flexibility index (Phi) is 5.05. The van der Waals surface area contributed by atoms with Gasteiger partial charge in [0.1, 0.15) is 11.6 Å². The van der Waals surface area contributed by atoms with E-state index in [2.05, 4.69) is 40.6 Å². The maximum atomic E-state index is 6.09. The number of aromatic amines is 1.